The summed E-state index contributed by atoms with van der Waals surface area (Å²) in [6, 6.07) is 5.11. The topological polar surface area (TPSA) is 77.1 Å². The zero-order chi connectivity index (χ0) is 15.4. The van der Waals surface area contributed by atoms with Crippen molar-refractivity contribution in [3.8, 4) is 0 Å². The number of carbonyl (C=O) groups is 1. The molecule has 6 nitrogen and oxygen atoms in total. The van der Waals surface area contributed by atoms with E-state index in [2.05, 4.69) is 10.3 Å². The zero-order valence-electron chi connectivity index (χ0n) is 12.1. The van der Waals surface area contributed by atoms with Crippen molar-refractivity contribution in [1.29, 1.82) is 0 Å². The van der Waals surface area contributed by atoms with Crippen LogP contribution < -0.4 is 10.9 Å². The minimum absolute atomic E-state index is 0.0720. The third-order valence-corrected chi connectivity index (χ3v) is 3.49. The molecule has 0 atom stereocenters. The molecule has 1 fully saturated rings. The van der Waals surface area contributed by atoms with Crippen LogP contribution in [0.25, 0.3) is 6.08 Å². The molecule has 0 bridgehead atoms. The SMILES string of the molecule is O=C(/C=C/c1ccco1)NCCn1cnc(C2CC2)cc1=O. The lowest BCUT2D eigenvalue weighted by atomic mass is 10.3. The Morgan fingerprint density at radius 2 is 2.36 bits per heavy atom. The Balaban J connectivity index is 1.48. The molecule has 22 heavy (non-hydrogen) atoms. The van der Waals surface area contributed by atoms with Crippen molar-refractivity contribution in [3.63, 3.8) is 0 Å². The van der Waals surface area contributed by atoms with Gasteiger partial charge in [-0.15, -0.1) is 0 Å². The van der Waals surface area contributed by atoms with Crippen LogP contribution in [0.2, 0.25) is 0 Å². The largest absolute Gasteiger partial charge is 0.465 e. The van der Waals surface area contributed by atoms with Gasteiger partial charge in [0.2, 0.25) is 5.91 Å². The highest BCUT2D eigenvalue weighted by Crippen LogP contribution is 2.38. The second-order valence-electron chi connectivity index (χ2n) is 5.26. The number of amides is 1. The Labute approximate surface area is 127 Å². The fourth-order valence-corrected chi connectivity index (χ4v) is 2.11. The van der Waals surface area contributed by atoms with Crippen LogP contribution in [-0.2, 0) is 11.3 Å². The number of carbonyl (C=O) groups excluding carboxylic acids is 1. The van der Waals surface area contributed by atoms with Gasteiger partial charge in [-0.25, -0.2) is 4.98 Å². The lowest BCUT2D eigenvalue weighted by molar-refractivity contribution is -0.116. The number of furan rings is 1. The van der Waals surface area contributed by atoms with Crippen molar-refractivity contribution in [2.24, 2.45) is 0 Å². The van der Waals surface area contributed by atoms with Crippen LogP contribution in [-0.4, -0.2) is 22.0 Å². The van der Waals surface area contributed by atoms with E-state index in [0.717, 1.165) is 18.5 Å². The minimum atomic E-state index is -0.230. The molecule has 1 amide bonds. The molecule has 6 heteroatoms. The van der Waals surface area contributed by atoms with Gasteiger partial charge >= 0.3 is 0 Å². The predicted molar refractivity (Wildman–Crippen MR) is 81.2 cm³/mol. The fourth-order valence-electron chi connectivity index (χ4n) is 2.11. The molecular formula is C16H17N3O3. The molecule has 1 aliphatic carbocycles. The first-order chi connectivity index (χ1) is 10.7. The Morgan fingerprint density at radius 1 is 1.50 bits per heavy atom. The molecule has 0 radical (unpaired) electrons. The van der Waals surface area contributed by atoms with Gasteiger partial charge in [0.1, 0.15) is 5.76 Å². The van der Waals surface area contributed by atoms with Crippen molar-refractivity contribution >= 4 is 12.0 Å². The zero-order valence-corrected chi connectivity index (χ0v) is 12.1. The van der Waals surface area contributed by atoms with E-state index < -0.39 is 0 Å². The summed E-state index contributed by atoms with van der Waals surface area (Å²) in [4.78, 5) is 27.8. The number of nitrogens with zero attached hydrogens (tertiary/aromatic N) is 2. The first-order valence-electron chi connectivity index (χ1n) is 7.28. The van der Waals surface area contributed by atoms with E-state index in [0.29, 0.717) is 24.8 Å². The number of aromatic nitrogens is 2. The van der Waals surface area contributed by atoms with Gasteiger partial charge in [0.15, 0.2) is 0 Å². The second kappa shape index (κ2) is 6.43. The summed E-state index contributed by atoms with van der Waals surface area (Å²) in [5.74, 6) is 0.854. The van der Waals surface area contributed by atoms with Crippen LogP contribution in [0.4, 0.5) is 0 Å². The molecule has 114 valence electrons. The standard InChI is InChI=1S/C16H17N3O3/c20-15(6-5-13-2-1-9-22-13)17-7-8-19-11-18-14(10-16(19)21)12-3-4-12/h1-2,5-6,9-12H,3-4,7-8H2,(H,17,20)/b6-5+. The summed E-state index contributed by atoms with van der Waals surface area (Å²) in [7, 11) is 0. The second-order valence-corrected chi connectivity index (χ2v) is 5.26. The molecule has 2 heterocycles. The average Bonchev–Trinajstić information content (AvgIpc) is 3.23. The molecule has 1 N–H and O–H groups in total. The van der Waals surface area contributed by atoms with E-state index in [9.17, 15) is 9.59 Å². The number of nitrogens with one attached hydrogen (secondary N) is 1. The van der Waals surface area contributed by atoms with Gasteiger partial charge in [0.05, 0.1) is 18.3 Å². The highest BCUT2D eigenvalue weighted by molar-refractivity contribution is 5.91. The molecule has 0 aromatic carbocycles. The molecule has 0 unspecified atom stereocenters. The summed E-state index contributed by atoms with van der Waals surface area (Å²) < 4.78 is 6.59. The first kappa shape index (κ1) is 14.3. The van der Waals surface area contributed by atoms with Gasteiger partial charge in [0, 0.05) is 31.1 Å². The number of rotatable bonds is 6. The Morgan fingerprint density at radius 3 is 3.05 bits per heavy atom. The Bertz CT molecular complexity index is 727. The van der Waals surface area contributed by atoms with Crippen LogP contribution in [0.1, 0.15) is 30.2 Å². The quantitative estimate of drug-likeness (QED) is 0.821. The van der Waals surface area contributed by atoms with Gasteiger partial charge in [0.25, 0.3) is 5.56 Å². The van der Waals surface area contributed by atoms with Crippen LogP contribution in [0.15, 0.2) is 46.1 Å². The van der Waals surface area contributed by atoms with Gasteiger partial charge in [-0.05, 0) is 31.1 Å². The lowest BCUT2D eigenvalue weighted by Crippen LogP contribution is -2.30. The molecule has 0 saturated heterocycles. The fraction of sp³-hybridized carbons (Fsp3) is 0.312. The summed E-state index contributed by atoms with van der Waals surface area (Å²) in [5.41, 5.74) is 0.809. The van der Waals surface area contributed by atoms with E-state index in [1.165, 1.54) is 10.6 Å². The van der Waals surface area contributed by atoms with Crippen molar-refractivity contribution in [3.05, 3.63) is 58.7 Å². The van der Waals surface area contributed by atoms with Gasteiger partial charge in [-0.2, -0.15) is 0 Å². The maximum absolute atomic E-state index is 11.9. The number of hydrogen-bond donors (Lipinski definition) is 1. The number of hydrogen-bond acceptors (Lipinski definition) is 4. The van der Waals surface area contributed by atoms with E-state index in [4.69, 9.17) is 4.42 Å². The molecule has 0 aliphatic heterocycles. The summed E-state index contributed by atoms with van der Waals surface area (Å²) in [5, 5.41) is 2.72. The Kier molecular flexibility index (Phi) is 4.18. The maximum atomic E-state index is 11.9. The van der Waals surface area contributed by atoms with E-state index >= 15 is 0 Å². The molecule has 1 aliphatic rings. The normalized spacial score (nSPS) is 14.4. The molecular weight excluding hydrogens is 282 g/mol. The molecule has 1 saturated carbocycles. The molecule has 3 rings (SSSR count). The van der Waals surface area contributed by atoms with Gasteiger partial charge in [-0.3, -0.25) is 14.2 Å². The predicted octanol–water partition coefficient (Wildman–Crippen LogP) is 1.54. The van der Waals surface area contributed by atoms with Crippen LogP contribution in [0.3, 0.4) is 0 Å². The third-order valence-electron chi connectivity index (χ3n) is 3.49. The lowest BCUT2D eigenvalue weighted by Gasteiger charge is -2.06. The highest BCUT2D eigenvalue weighted by atomic mass is 16.3. The maximum Gasteiger partial charge on any atom is 0.253 e. The van der Waals surface area contributed by atoms with E-state index in [-0.39, 0.29) is 11.5 Å². The van der Waals surface area contributed by atoms with E-state index in [1.54, 1.807) is 36.9 Å². The molecule has 2 aromatic heterocycles. The molecule has 2 aromatic rings. The van der Waals surface area contributed by atoms with Gasteiger partial charge in [-0.1, -0.05) is 0 Å². The van der Waals surface area contributed by atoms with E-state index in [1.807, 2.05) is 0 Å². The smallest absolute Gasteiger partial charge is 0.253 e. The average molecular weight is 299 g/mol. The van der Waals surface area contributed by atoms with Crippen molar-refractivity contribution in [2.75, 3.05) is 6.54 Å². The van der Waals surface area contributed by atoms with Crippen molar-refractivity contribution < 1.29 is 9.21 Å². The Hall–Kier alpha value is -2.63. The summed E-state index contributed by atoms with van der Waals surface area (Å²) >= 11 is 0. The first-order valence-corrected chi connectivity index (χ1v) is 7.28. The van der Waals surface area contributed by atoms with Crippen molar-refractivity contribution in [1.82, 2.24) is 14.9 Å². The summed E-state index contributed by atoms with van der Waals surface area (Å²) in [6.07, 6.45) is 8.33. The van der Waals surface area contributed by atoms with Gasteiger partial charge < -0.3 is 9.73 Å². The van der Waals surface area contributed by atoms with Crippen LogP contribution in [0, 0.1) is 0 Å². The van der Waals surface area contributed by atoms with Crippen LogP contribution >= 0.6 is 0 Å². The highest BCUT2D eigenvalue weighted by Gasteiger charge is 2.25. The molecule has 0 spiro atoms. The monoisotopic (exact) mass is 299 g/mol. The summed E-state index contributed by atoms with van der Waals surface area (Å²) in [6.45, 7) is 0.767. The third kappa shape index (κ3) is 3.72. The minimum Gasteiger partial charge on any atom is -0.465 e. The van der Waals surface area contributed by atoms with Crippen molar-refractivity contribution in [2.45, 2.75) is 25.3 Å². The van der Waals surface area contributed by atoms with Crippen LogP contribution in [0.5, 0.6) is 0 Å².